The largest absolute Gasteiger partial charge is 0.491 e. The summed E-state index contributed by atoms with van der Waals surface area (Å²) in [5, 5.41) is 2.62. The van der Waals surface area contributed by atoms with Gasteiger partial charge in [0.1, 0.15) is 5.82 Å². The van der Waals surface area contributed by atoms with Crippen LogP contribution in [0.5, 0.6) is 5.75 Å². The van der Waals surface area contributed by atoms with Crippen LogP contribution in [-0.4, -0.2) is 12.5 Å². The maximum atomic E-state index is 13.5. The molecule has 0 aromatic heterocycles. The molecule has 0 atom stereocenters. The Bertz CT molecular complexity index is 677. The summed E-state index contributed by atoms with van der Waals surface area (Å²) in [6, 6.07) is 9.27. The van der Waals surface area contributed by atoms with E-state index in [1.165, 1.54) is 12.1 Å². The number of para-hydroxylation sites is 1. The lowest BCUT2D eigenvalue weighted by Gasteiger charge is -2.12. The zero-order valence-electron chi connectivity index (χ0n) is 11.3. The second-order valence-corrected chi connectivity index (χ2v) is 5.09. The van der Waals surface area contributed by atoms with Gasteiger partial charge in [-0.2, -0.15) is 0 Å². The lowest BCUT2D eigenvalue weighted by atomic mass is 10.1. The fourth-order valence-electron chi connectivity index (χ4n) is 1.81. The number of anilines is 2. The highest BCUT2D eigenvalue weighted by Gasteiger charge is 2.15. The molecule has 2 aromatic carbocycles. The number of carbonyl (C=O) groups excluding carboxylic acids is 1. The maximum absolute atomic E-state index is 13.5. The molecule has 0 bridgehead atoms. The standard InChI is InChI=1S/C15H14BrFN2O2/c1-2-21-14-10(4-3-5-13(14)18)15(20)19-9-6-7-11(16)12(17)8-9/h3-8H,2,18H2,1H3,(H,19,20). The minimum absolute atomic E-state index is 0.306. The molecule has 0 heterocycles. The molecule has 6 heteroatoms. The molecule has 0 aliphatic carbocycles. The van der Waals surface area contributed by atoms with E-state index < -0.39 is 11.7 Å². The van der Waals surface area contributed by atoms with Crippen molar-refractivity contribution in [1.29, 1.82) is 0 Å². The Morgan fingerprint density at radius 1 is 1.38 bits per heavy atom. The fourth-order valence-corrected chi connectivity index (χ4v) is 2.06. The van der Waals surface area contributed by atoms with Crippen molar-refractivity contribution in [2.24, 2.45) is 0 Å². The predicted molar refractivity (Wildman–Crippen MR) is 84.1 cm³/mol. The van der Waals surface area contributed by atoms with Gasteiger partial charge in [-0.1, -0.05) is 6.07 Å². The van der Waals surface area contributed by atoms with Crippen molar-refractivity contribution in [2.45, 2.75) is 6.92 Å². The summed E-state index contributed by atoms with van der Waals surface area (Å²) in [6.45, 7) is 2.19. The number of benzene rings is 2. The molecule has 21 heavy (non-hydrogen) atoms. The molecule has 1 amide bonds. The highest BCUT2D eigenvalue weighted by Crippen LogP contribution is 2.27. The Morgan fingerprint density at radius 3 is 2.81 bits per heavy atom. The van der Waals surface area contributed by atoms with Crippen LogP contribution >= 0.6 is 15.9 Å². The zero-order valence-corrected chi connectivity index (χ0v) is 12.9. The molecule has 4 nitrogen and oxygen atoms in total. The molecular weight excluding hydrogens is 339 g/mol. The van der Waals surface area contributed by atoms with Gasteiger partial charge in [-0.3, -0.25) is 4.79 Å². The van der Waals surface area contributed by atoms with E-state index in [-0.39, 0.29) is 0 Å². The van der Waals surface area contributed by atoms with Crippen molar-refractivity contribution in [3.05, 3.63) is 52.3 Å². The van der Waals surface area contributed by atoms with E-state index in [1.807, 2.05) is 0 Å². The topological polar surface area (TPSA) is 64.3 Å². The monoisotopic (exact) mass is 352 g/mol. The summed E-state index contributed by atoms with van der Waals surface area (Å²) in [7, 11) is 0. The van der Waals surface area contributed by atoms with E-state index in [0.29, 0.717) is 33.8 Å². The van der Waals surface area contributed by atoms with Crippen LogP contribution in [0.4, 0.5) is 15.8 Å². The highest BCUT2D eigenvalue weighted by molar-refractivity contribution is 9.10. The number of nitrogens with one attached hydrogen (secondary N) is 1. The number of rotatable bonds is 4. The molecular formula is C15H14BrFN2O2. The average molecular weight is 353 g/mol. The predicted octanol–water partition coefficient (Wildman–Crippen LogP) is 3.82. The van der Waals surface area contributed by atoms with Gasteiger partial charge in [-0.05, 0) is 53.2 Å². The van der Waals surface area contributed by atoms with Crippen LogP contribution in [0.25, 0.3) is 0 Å². The first-order valence-electron chi connectivity index (χ1n) is 6.30. The minimum atomic E-state index is -0.453. The lowest BCUT2D eigenvalue weighted by molar-refractivity contribution is 0.102. The third-order valence-electron chi connectivity index (χ3n) is 2.76. The average Bonchev–Trinajstić information content (AvgIpc) is 2.45. The number of ether oxygens (including phenoxy) is 1. The first-order chi connectivity index (χ1) is 10.0. The number of nitrogens with two attached hydrogens (primary N) is 1. The van der Waals surface area contributed by atoms with Gasteiger partial charge in [-0.25, -0.2) is 4.39 Å². The molecule has 2 aromatic rings. The van der Waals surface area contributed by atoms with Crippen LogP contribution < -0.4 is 15.8 Å². The molecule has 0 spiro atoms. The van der Waals surface area contributed by atoms with Gasteiger partial charge < -0.3 is 15.8 Å². The lowest BCUT2D eigenvalue weighted by Crippen LogP contribution is -2.14. The van der Waals surface area contributed by atoms with Crippen molar-refractivity contribution in [3.63, 3.8) is 0 Å². The number of nitrogen functional groups attached to an aromatic ring is 1. The molecule has 0 aliphatic rings. The van der Waals surface area contributed by atoms with Crippen molar-refractivity contribution in [3.8, 4) is 5.75 Å². The summed E-state index contributed by atoms with van der Waals surface area (Å²) in [5.41, 5.74) is 6.85. The van der Waals surface area contributed by atoms with E-state index in [2.05, 4.69) is 21.2 Å². The third kappa shape index (κ3) is 3.52. The van der Waals surface area contributed by atoms with Crippen LogP contribution in [0.15, 0.2) is 40.9 Å². The van der Waals surface area contributed by atoms with Gasteiger partial charge in [0.2, 0.25) is 0 Å². The number of carbonyl (C=O) groups is 1. The van der Waals surface area contributed by atoms with Crippen molar-refractivity contribution < 1.29 is 13.9 Å². The molecule has 3 N–H and O–H groups in total. The maximum Gasteiger partial charge on any atom is 0.259 e. The van der Waals surface area contributed by atoms with Crippen LogP contribution in [0, 0.1) is 5.82 Å². The Balaban J connectivity index is 2.28. The summed E-state index contributed by atoms with van der Waals surface area (Å²) in [6.07, 6.45) is 0. The molecule has 2 rings (SSSR count). The molecule has 0 radical (unpaired) electrons. The number of amides is 1. The number of hydrogen-bond acceptors (Lipinski definition) is 3. The Hall–Kier alpha value is -2.08. The van der Waals surface area contributed by atoms with Crippen molar-refractivity contribution in [1.82, 2.24) is 0 Å². The quantitative estimate of drug-likeness (QED) is 0.822. The van der Waals surface area contributed by atoms with Crippen LogP contribution in [0.2, 0.25) is 0 Å². The van der Waals surface area contributed by atoms with Crippen molar-refractivity contribution >= 4 is 33.2 Å². The SMILES string of the molecule is CCOc1c(N)cccc1C(=O)Nc1ccc(Br)c(F)c1. The molecule has 110 valence electrons. The first-order valence-corrected chi connectivity index (χ1v) is 7.10. The number of halogens is 2. The van der Waals surface area contributed by atoms with E-state index >= 15 is 0 Å². The Morgan fingerprint density at radius 2 is 2.14 bits per heavy atom. The van der Waals surface area contributed by atoms with Gasteiger partial charge in [-0.15, -0.1) is 0 Å². The zero-order chi connectivity index (χ0) is 15.4. The first kappa shape index (κ1) is 15.3. The van der Waals surface area contributed by atoms with Gasteiger partial charge in [0.05, 0.1) is 22.3 Å². The van der Waals surface area contributed by atoms with E-state index in [0.717, 1.165) is 0 Å². The van der Waals surface area contributed by atoms with Crippen LogP contribution in [0.1, 0.15) is 17.3 Å². The Labute approximate surface area is 130 Å². The summed E-state index contributed by atoms with van der Waals surface area (Å²) >= 11 is 3.06. The summed E-state index contributed by atoms with van der Waals surface area (Å²) < 4.78 is 19.2. The van der Waals surface area contributed by atoms with Crippen LogP contribution in [0.3, 0.4) is 0 Å². The summed E-state index contributed by atoms with van der Waals surface area (Å²) in [4.78, 5) is 12.3. The van der Waals surface area contributed by atoms with Gasteiger partial charge >= 0.3 is 0 Å². The normalized spacial score (nSPS) is 10.2. The Kier molecular flexibility index (Phi) is 4.80. The number of hydrogen-bond donors (Lipinski definition) is 2. The van der Waals surface area contributed by atoms with Crippen LogP contribution in [-0.2, 0) is 0 Å². The molecule has 0 saturated carbocycles. The van der Waals surface area contributed by atoms with Gasteiger partial charge in [0.25, 0.3) is 5.91 Å². The van der Waals surface area contributed by atoms with Gasteiger partial charge in [0.15, 0.2) is 5.75 Å². The smallest absolute Gasteiger partial charge is 0.259 e. The van der Waals surface area contributed by atoms with Crippen molar-refractivity contribution in [2.75, 3.05) is 17.7 Å². The van der Waals surface area contributed by atoms with E-state index in [9.17, 15) is 9.18 Å². The third-order valence-corrected chi connectivity index (χ3v) is 3.40. The molecule has 0 fully saturated rings. The molecule has 0 unspecified atom stereocenters. The summed E-state index contributed by atoms with van der Waals surface area (Å²) in [5.74, 6) is -0.534. The molecule has 0 aliphatic heterocycles. The van der Waals surface area contributed by atoms with E-state index in [1.54, 1.807) is 31.2 Å². The second-order valence-electron chi connectivity index (χ2n) is 4.24. The van der Waals surface area contributed by atoms with E-state index in [4.69, 9.17) is 10.5 Å². The highest BCUT2D eigenvalue weighted by atomic mass is 79.9. The second kappa shape index (κ2) is 6.58. The minimum Gasteiger partial charge on any atom is -0.491 e. The fraction of sp³-hybridized carbons (Fsp3) is 0.133. The molecule has 0 saturated heterocycles. The van der Waals surface area contributed by atoms with Gasteiger partial charge in [0, 0.05) is 5.69 Å².